The molecule has 1 fully saturated rings. The molecule has 0 radical (unpaired) electrons. The van der Waals surface area contributed by atoms with Gasteiger partial charge in [-0.1, -0.05) is 12.1 Å². The molecule has 0 unspecified atom stereocenters. The minimum atomic E-state index is -3.68. The molecule has 18 heavy (non-hydrogen) atoms. The highest BCUT2D eigenvalue weighted by atomic mass is 32.2. The summed E-state index contributed by atoms with van der Waals surface area (Å²) in [6, 6.07) is 6.31. The van der Waals surface area contributed by atoms with E-state index in [1.54, 1.807) is 18.2 Å². The highest BCUT2D eigenvalue weighted by Crippen LogP contribution is 2.31. The van der Waals surface area contributed by atoms with Crippen molar-refractivity contribution in [1.29, 1.82) is 0 Å². The van der Waals surface area contributed by atoms with E-state index in [0.717, 1.165) is 17.1 Å². The van der Waals surface area contributed by atoms with E-state index in [0.29, 0.717) is 6.61 Å². The lowest BCUT2D eigenvalue weighted by Crippen LogP contribution is -2.36. The average Bonchev–Trinajstić information content (AvgIpc) is 2.93. The number of benzene rings is 1. The molecule has 0 spiro atoms. The fourth-order valence-electron chi connectivity index (χ4n) is 2.38. The van der Waals surface area contributed by atoms with Gasteiger partial charge < -0.3 is 4.74 Å². The summed E-state index contributed by atoms with van der Waals surface area (Å²) < 4.78 is 30.8. The van der Waals surface area contributed by atoms with Crippen LogP contribution in [0.25, 0.3) is 0 Å². The number of nitrogens with zero attached hydrogens (tertiary/aromatic N) is 1. The number of ether oxygens (including phenoxy) is 1. The van der Waals surface area contributed by atoms with E-state index in [4.69, 9.17) is 4.74 Å². The zero-order chi connectivity index (χ0) is 12.8. The first-order valence-corrected chi connectivity index (χ1v) is 7.32. The maximum Gasteiger partial charge on any atom is 0.269 e. The van der Waals surface area contributed by atoms with Gasteiger partial charge in [0.25, 0.3) is 15.9 Å². The molecule has 1 saturated heterocycles. The summed E-state index contributed by atoms with van der Waals surface area (Å²) in [5, 5.41) is 0. The molecule has 0 aliphatic carbocycles. The number of carbonyl (C=O) groups excluding carboxylic acids is 1. The number of amides is 1. The monoisotopic (exact) mass is 267 g/mol. The number of fused-ring (bicyclic) bond motifs is 1. The summed E-state index contributed by atoms with van der Waals surface area (Å²) >= 11 is 0. The fourth-order valence-corrected chi connectivity index (χ4v) is 3.99. The van der Waals surface area contributed by atoms with Gasteiger partial charge in [0.2, 0.25) is 0 Å². The van der Waals surface area contributed by atoms with Gasteiger partial charge in [0.15, 0.2) is 0 Å². The molecule has 1 atom stereocenters. The molecule has 1 aromatic rings. The summed E-state index contributed by atoms with van der Waals surface area (Å²) in [6.07, 6.45) is 1.55. The van der Waals surface area contributed by atoms with Crippen LogP contribution in [0.1, 0.15) is 23.2 Å². The van der Waals surface area contributed by atoms with Crippen molar-refractivity contribution in [2.24, 2.45) is 0 Å². The summed E-state index contributed by atoms with van der Waals surface area (Å²) in [5.74, 6) is -0.443. The Kier molecular flexibility index (Phi) is 2.64. The maximum absolute atomic E-state index is 12.2. The molecule has 1 amide bonds. The van der Waals surface area contributed by atoms with Crippen molar-refractivity contribution < 1.29 is 17.9 Å². The van der Waals surface area contributed by atoms with Crippen LogP contribution in [0, 0.1) is 0 Å². The van der Waals surface area contributed by atoms with Gasteiger partial charge in [-0.15, -0.1) is 0 Å². The molecule has 3 rings (SSSR count). The number of rotatable bonds is 2. The topological polar surface area (TPSA) is 63.7 Å². The molecule has 2 heterocycles. The number of sulfonamides is 1. The van der Waals surface area contributed by atoms with Crippen LogP contribution in [0.5, 0.6) is 0 Å². The van der Waals surface area contributed by atoms with Crippen LogP contribution in [-0.2, 0) is 14.8 Å². The van der Waals surface area contributed by atoms with Gasteiger partial charge in [-0.3, -0.25) is 4.79 Å². The van der Waals surface area contributed by atoms with Crippen molar-refractivity contribution in [1.82, 2.24) is 4.31 Å². The molecule has 0 aromatic heterocycles. The lowest BCUT2D eigenvalue weighted by atomic mass is 10.2. The van der Waals surface area contributed by atoms with Crippen molar-refractivity contribution in [3.8, 4) is 0 Å². The second-order valence-corrected chi connectivity index (χ2v) is 6.30. The molecule has 96 valence electrons. The number of hydrogen-bond acceptors (Lipinski definition) is 4. The van der Waals surface area contributed by atoms with E-state index >= 15 is 0 Å². The van der Waals surface area contributed by atoms with Crippen LogP contribution in [0.15, 0.2) is 29.2 Å². The third-order valence-electron chi connectivity index (χ3n) is 3.31. The summed E-state index contributed by atoms with van der Waals surface area (Å²) in [6.45, 7) is 0.759. The SMILES string of the molecule is O=C1c2ccccc2S(=O)(=O)N1C[C@@H]1CCCO1. The summed E-state index contributed by atoms with van der Waals surface area (Å²) in [5.41, 5.74) is 0.260. The first-order valence-electron chi connectivity index (χ1n) is 5.88. The van der Waals surface area contributed by atoms with E-state index in [-0.39, 0.29) is 23.1 Å². The Morgan fingerprint density at radius 1 is 1.33 bits per heavy atom. The predicted octanol–water partition coefficient (Wildman–Crippen LogP) is 1.01. The minimum Gasteiger partial charge on any atom is -0.376 e. The zero-order valence-electron chi connectivity index (χ0n) is 9.70. The first-order chi connectivity index (χ1) is 8.60. The molecule has 0 N–H and O–H groups in total. The van der Waals surface area contributed by atoms with Crippen LogP contribution in [0.4, 0.5) is 0 Å². The van der Waals surface area contributed by atoms with E-state index in [1.165, 1.54) is 6.07 Å². The number of carbonyl (C=O) groups is 1. The van der Waals surface area contributed by atoms with Crippen molar-refractivity contribution in [3.63, 3.8) is 0 Å². The molecule has 6 heteroatoms. The molecular formula is C12H13NO4S. The largest absolute Gasteiger partial charge is 0.376 e. The summed E-state index contributed by atoms with van der Waals surface area (Å²) in [4.78, 5) is 12.2. The Morgan fingerprint density at radius 2 is 2.11 bits per heavy atom. The van der Waals surface area contributed by atoms with Gasteiger partial charge in [-0.05, 0) is 25.0 Å². The van der Waals surface area contributed by atoms with Crippen molar-refractivity contribution in [3.05, 3.63) is 29.8 Å². The van der Waals surface area contributed by atoms with E-state index in [9.17, 15) is 13.2 Å². The minimum absolute atomic E-state index is 0.105. The second-order valence-electron chi connectivity index (χ2n) is 4.47. The molecule has 1 aromatic carbocycles. The predicted molar refractivity (Wildman–Crippen MR) is 63.6 cm³/mol. The normalized spacial score (nSPS) is 25.4. The van der Waals surface area contributed by atoms with Crippen LogP contribution in [0.3, 0.4) is 0 Å². The second kappa shape index (κ2) is 4.07. The Bertz CT molecular complexity index is 590. The lowest BCUT2D eigenvalue weighted by molar-refractivity contribution is 0.0708. The van der Waals surface area contributed by atoms with Gasteiger partial charge in [0.1, 0.15) is 4.90 Å². The van der Waals surface area contributed by atoms with Gasteiger partial charge in [-0.25, -0.2) is 12.7 Å². The Morgan fingerprint density at radius 3 is 2.78 bits per heavy atom. The third-order valence-corrected chi connectivity index (χ3v) is 5.11. The van der Waals surface area contributed by atoms with Crippen LogP contribution in [0.2, 0.25) is 0 Å². The average molecular weight is 267 g/mol. The molecule has 2 aliphatic rings. The molecule has 0 bridgehead atoms. The zero-order valence-corrected chi connectivity index (χ0v) is 10.5. The summed E-state index contributed by atoms with van der Waals surface area (Å²) in [7, 11) is -3.68. The standard InChI is InChI=1S/C12H13NO4S/c14-12-10-5-1-2-6-11(10)18(15,16)13(12)8-9-4-3-7-17-9/h1-2,5-6,9H,3-4,7-8H2/t9-/m0/s1. The van der Waals surface area contributed by atoms with Crippen molar-refractivity contribution in [2.45, 2.75) is 23.8 Å². The lowest BCUT2D eigenvalue weighted by Gasteiger charge is -2.18. The van der Waals surface area contributed by atoms with E-state index < -0.39 is 15.9 Å². The van der Waals surface area contributed by atoms with Crippen LogP contribution < -0.4 is 0 Å². The van der Waals surface area contributed by atoms with Crippen molar-refractivity contribution in [2.75, 3.05) is 13.2 Å². The Balaban J connectivity index is 1.96. The molecular weight excluding hydrogens is 254 g/mol. The van der Waals surface area contributed by atoms with Crippen LogP contribution in [-0.4, -0.2) is 37.9 Å². The van der Waals surface area contributed by atoms with E-state index in [2.05, 4.69) is 0 Å². The first kappa shape index (κ1) is 11.7. The van der Waals surface area contributed by atoms with Crippen molar-refractivity contribution >= 4 is 15.9 Å². The van der Waals surface area contributed by atoms with Gasteiger partial charge in [-0.2, -0.15) is 0 Å². The fraction of sp³-hybridized carbons (Fsp3) is 0.417. The van der Waals surface area contributed by atoms with Gasteiger partial charge >= 0.3 is 0 Å². The highest BCUT2D eigenvalue weighted by Gasteiger charge is 2.42. The van der Waals surface area contributed by atoms with Crippen LogP contribution >= 0.6 is 0 Å². The Labute approximate surface area is 105 Å². The molecule has 2 aliphatic heterocycles. The third kappa shape index (κ3) is 1.64. The number of hydrogen-bond donors (Lipinski definition) is 0. The van der Waals surface area contributed by atoms with Gasteiger partial charge in [0, 0.05) is 6.61 Å². The van der Waals surface area contributed by atoms with E-state index in [1.807, 2.05) is 0 Å². The molecule has 0 saturated carbocycles. The maximum atomic E-state index is 12.2. The molecule has 5 nitrogen and oxygen atoms in total. The Hall–Kier alpha value is -1.40. The quantitative estimate of drug-likeness (QED) is 0.802. The highest BCUT2D eigenvalue weighted by molar-refractivity contribution is 7.90. The van der Waals surface area contributed by atoms with Gasteiger partial charge in [0.05, 0.1) is 18.2 Å². The smallest absolute Gasteiger partial charge is 0.269 e.